The molecule has 0 aliphatic rings. The summed E-state index contributed by atoms with van der Waals surface area (Å²) >= 11 is 0. The van der Waals surface area contributed by atoms with Gasteiger partial charge in [-0.25, -0.2) is 0 Å². The molecule has 0 saturated carbocycles. The fourth-order valence-electron chi connectivity index (χ4n) is 1.22. The highest BCUT2D eigenvalue weighted by Gasteiger charge is 2.08. The normalized spacial score (nSPS) is 9.47. The summed E-state index contributed by atoms with van der Waals surface area (Å²) < 4.78 is 15.0. The molecule has 0 amide bonds. The van der Waals surface area contributed by atoms with E-state index < -0.39 is 0 Å². The van der Waals surface area contributed by atoms with E-state index in [4.69, 9.17) is 14.7 Å². The van der Waals surface area contributed by atoms with Gasteiger partial charge in [-0.05, 0) is 12.1 Å². The van der Waals surface area contributed by atoms with Crippen LogP contribution in [0.1, 0.15) is 5.56 Å². The zero-order valence-corrected chi connectivity index (χ0v) is 9.73. The Kier molecular flexibility index (Phi) is 4.98. The molecule has 0 fully saturated rings. The number of rotatable bonds is 6. The van der Waals surface area contributed by atoms with Crippen LogP contribution in [0.3, 0.4) is 0 Å². The summed E-state index contributed by atoms with van der Waals surface area (Å²) in [5, 5.41) is 8.72. The Morgan fingerprint density at radius 3 is 2.65 bits per heavy atom. The smallest absolute Gasteiger partial charge is 0.195 e. The van der Waals surface area contributed by atoms with Crippen LogP contribution in [0.4, 0.5) is 0 Å². The van der Waals surface area contributed by atoms with Gasteiger partial charge in [-0.3, -0.25) is 4.79 Å². The van der Waals surface area contributed by atoms with Crippen molar-refractivity contribution >= 4 is 5.78 Å². The van der Waals surface area contributed by atoms with Crippen molar-refractivity contribution in [3.8, 4) is 17.6 Å². The number of hydrogen-bond donors (Lipinski definition) is 0. The quantitative estimate of drug-likeness (QED) is 0.740. The Labute approximate surface area is 99.5 Å². The van der Waals surface area contributed by atoms with Gasteiger partial charge in [0.25, 0.3) is 0 Å². The first-order valence-corrected chi connectivity index (χ1v) is 4.92. The van der Waals surface area contributed by atoms with Gasteiger partial charge in [-0.15, -0.1) is 0 Å². The highest BCUT2D eigenvalue weighted by atomic mass is 16.5. The average molecular weight is 235 g/mol. The molecule has 0 unspecified atom stereocenters. The molecule has 17 heavy (non-hydrogen) atoms. The monoisotopic (exact) mass is 235 g/mol. The summed E-state index contributed by atoms with van der Waals surface area (Å²) in [6.07, 6.45) is 0. The second kappa shape index (κ2) is 6.51. The molecule has 0 bridgehead atoms. The van der Waals surface area contributed by atoms with Crippen molar-refractivity contribution < 1.29 is 19.0 Å². The number of ketones is 1. The number of nitrogens with zero attached hydrogens (tertiary/aromatic N) is 1. The van der Waals surface area contributed by atoms with E-state index in [1.54, 1.807) is 18.2 Å². The minimum absolute atomic E-state index is 0.0125. The van der Waals surface area contributed by atoms with Crippen molar-refractivity contribution in [1.29, 1.82) is 5.26 Å². The number of benzene rings is 1. The Morgan fingerprint density at radius 1 is 1.29 bits per heavy atom. The van der Waals surface area contributed by atoms with Crippen LogP contribution in [-0.2, 0) is 9.53 Å². The van der Waals surface area contributed by atoms with E-state index >= 15 is 0 Å². The van der Waals surface area contributed by atoms with Gasteiger partial charge in [0.15, 0.2) is 17.3 Å². The fraction of sp³-hybridized carbons (Fsp3) is 0.333. The first-order valence-electron chi connectivity index (χ1n) is 4.92. The molecule has 0 saturated heterocycles. The van der Waals surface area contributed by atoms with E-state index in [1.165, 1.54) is 14.2 Å². The minimum Gasteiger partial charge on any atom is -0.493 e. The number of carbonyl (C=O) groups is 1. The lowest BCUT2D eigenvalue weighted by Crippen LogP contribution is -2.16. The maximum atomic E-state index is 11.2. The Morgan fingerprint density at radius 2 is 2.06 bits per heavy atom. The number of nitriles is 1. The summed E-state index contributed by atoms with van der Waals surface area (Å²) in [5.74, 6) is 0.684. The summed E-state index contributed by atoms with van der Waals surface area (Å²) in [6, 6.07) is 6.73. The average Bonchev–Trinajstić information content (AvgIpc) is 2.36. The molecule has 0 aromatic heterocycles. The molecule has 1 aromatic rings. The molecule has 90 valence electrons. The van der Waals surface area contributed by atoms with Crippen LogP contribution in [0, 0.1) is 11.3 Å². The van der Waals surface area contributed by atoms with Crippen molar-refractivity contribution in [2.24, 2.45) is 0 Å². The zero-order chi connectivity index (χ0) is 12.7. The van der Waals surface area contributed by atoms with E-state index in [-0.39, 0.29) is 19.0 Å². The second-order valence-corrected chi connectivity index (χ2v) is 3.24. The molecule has 1 rings (SSSR count). The molecule has 5 nitrogen and oxygen atoms in total. The van der Waals surface area contributed by atoms with E-state index in [1.807, 2.05) is 6.07 Å². The number of carbonyl (C=O) groups excluding carboxylic acids is 1. The van der Waals surface area contributed by atoms with Crippen molar-refractivity contribution in [2.45, 2.75) is 0 Å². The van der Waals surface area contributed by atoms with Crippen molar-refractivity contribution in [2.75, 3.05) is 27.4 Å². The summed E-state index contributed by atoms with van der Waals surface area (Å²) in [6.45, 7) is -0.0747. The van der Waals surface area contributed by atoms with Gasteiger partial charge in [-0.1, -0.05) is 0 Å². The van der Waals surface area contributed by atoms with E-state index in [0.29, 0.717) is 17.1 Å². The van der Waals surface area contributed by atoms with E-state index in [0.717, 1.165) is 0 Å². The maximum absolute atomic E-state index is 11.2. The molecule has 0 heterocycles. The summed E-state index contributed by atoms with van der Waals surface area (Å²) in [4.78, 5) is 11.2. The van der Waals surface area contributed by atoms with Gasteiger partial charge < -0.3 is 14.2 Å². The van der Waals surface area contributed by atoms with Crippen LogP contribution in [0.2, 0.25) is 0 Å². The molecule has 0 radical (unpaired) electrons. The predicted molar refractivity (Wildman–Crippen MR) is 60.1 cm³/mol. The first kappa shape index (κ1) is 13.0. The zero-order valence-electron chi connectivity index (χ0n) is 9.73. The standard InChI is InChI=1S/C12H13NO4/c1-15-7-10(14)8-17-11-4-3-9(6-13)5-12(11)16-2/h3-5H,7-8H2,1-2H3. The highest BCUT2D eigenvalue weighted by molar-refractivity contribution is 5.81. The van der Waals surface area contributed by atoms with Gasteiger partial charge in [0.1, 0.15) is 13.2 Å². The maximum Gasteiger partial charge on any atom is 0.195 e. The third kappa shape index (κ3) is 3.78. The minimum atomic E-state index is -0.168. The predicted octanol–water partition coefficient (Wildman–Crippen LogP) is 1.16. The Hall–Kier alpha value is -2.06. The van der Waals surface area contributed by atoms with Gasteiger partial charge in [0.05, 0.1) is 18.7 Å². The summed E-state index contributed by atoms with van der Waals surface area (Å²) in [7, 11) is 2.92. The third-order valence-electron chi connectivity index (χ3n) is 1.99. The van der Waals surface area contributed by atoms with Crippen LogP contribution in [0.5, 0.6) is 11.5 Å². The van der Waals surface area contributed by atoms with Crippen LogP contribution in [0.25, 0.3) is 0 Å². The third-order valence-corrected chi connectivity index (χ3v) is 1.99. The van der Waals surface area contributed by atoms with Crippen molar-refractivity contribution in [1.82, 2.24) is 0 Å². The van der Waals surface area contributed by atoms with Crippen LogP contribution in [0.15, 0.2) is 18.2 Å². The van der Waals surface area contributed by atoms with Gasteiger partial charge in [-0.2, -0.15) is 5.26 Å². The molecule has 0 atom stereocenters. The number of ether oxygens (including phenoxy) is 3. The molecular weight excluding hydrogens is 222 g/mol. The molecule has 0 aliphatic carbocycles. The largest absolute Gasteiger partial charge is 0.493 e. The molecule has 1 aromatic carbocycles. The number of hydrogen-bond acceptors (Lipinski definition) is 5. The second-order valence-electron chi connectivity index (χ2n) is 3.24. The highest BCUT2D eigenvalue weighted by Crippen LogP contribution is 2.27. The first-order chi connectivity index (χ1) is 8.21. The van der Waals surface area contributed by atoms with Crippen LogP contribution >= 0.6 is 0 Å². The lowest BCUT2D eigenvalue weighted by Gasteiger charge is -2.09. The number of methoxy groups -OCH3 is 2. The lowest BCUT2D eigenvalue weighted by atomic mass is 10.2. The van der Waals surface area contributed by atoms with Gasteiger partial charge in [0, 0.05) is 13.2 Å². The fourth-order valence-corrected chi connectivity index (χ4v) is 1.22. The molecular formula is C12H13NO4. The van der Waals surface area contributed by atoms with Crippen molar-refractivity contribution in [3.63, 3.8) is 0 Å². The Bertz CT molecular complexity index is 437. The SMILES string of the molecule is COCC(=O)COc1ccc(C#N)cc1OC. The summed E-state index contributed by atoms with van der Waals surface area (Å²) in [5.41, 5.74) is 0.470. The van der Waals surface area contributed by atoms with Crippen LogP contribution < -0.4 is 9.47 Å². The van der Waals surface area contributed by atoms with Crippen LogP contribution in [-0.4, -0.2) is 33.2 Å². The van der Waals surface area contributed by atoms with Gasteiger partial charge in [0.2, 0.25) is 0 Å². The molecule has 0 spiro atoms. The Balaban J connectivity index is 2.71. The topological polar surface area (TPSA) is 68.5 Å². The van der Waals surface area contributed by atoms with Gasteiger partial charge >= 0.3 is 0 Å². The molecule has 0 aliphatic heterocycles. The lowest BCUT2D eigenvalue weighted by molar-refractivity contribution is -0.124. The van der Waals surface area contributed by atoms with E-state index in [2.05, 4.69) is 4.74 Å². The number of Topliss-reactive ketones (excluding diaryl/α,β-unsaturated/α-hetero) is 1. The van der Waals surface area contributed by atoms with E-state index in [9.17, 15) is 4.79 Å². The molecule has 0 N–H and O–H groups in total. The van der Waals surface area contributed by atoms with Crippen molar-refractivity contribution in [3.05, 3.63) is 23.8 Å². The molecule has 5 heteroatoms.